The van der Waals surface area contributed by atoms with E-state index in [1.165, 1.54) is 18.2 Å². The number of nitrogens with zero attached hydrogens (tertiary/aromatic N) is 4. The fourth-order valence-corrected chi connectivity index (χ4v) is 1.39. The monoisotopic (exact) mass is 213 g/mol. The maximum Gasteiger partial charge on any atom is 0.277 e. The third-order valence-electron chi connectivity index (χ3n) is 1.35. The minimum atomic E-state index is 0.246. The number of nitrogens with two attached hydrogens (primary N) is 1. The van der Waals surface area contributed by atoms with Crippen molar-refractivity contribution in [1.29, 1.82) is 0 Å². The maximum absolute atomic E-state index is 5.31. The summed E-state index contributed by atoms with van der Waals surface area (Å²) in [6.45, 7) is 0.246. The van der Waals surface area contributed by atoms with Crippen molar-refractivity contribution < 1.29 is 8.94 Å². The summed E-state index contributed by atoms with van der Waals surface area (Å²) in [5.74, 6) is 1.53. The van der Waals surface area contributed by atoms with Crippen LogP contribution in [-0.2, 0) is 12.3 Å². The lowest BCUT2D eigenvalue weighted by Crippen LogP contribution is -1.95. The van der Waals surface area contributed by atoms with Gasteiger partial charge in [-0.15, -0.1) is 10.2 Å². The van der Waals surface area contributed by atoms with Crippen LogP contribution >= 0.6 is 11.8 Å². The Morgan fingerprint density at radius 2 is 2.36 bits per heavy atom. The number of hydrogen-bond acceptors (Lipinski definition) is 8. The van der Waals surface area contributed by atoms with Gasteiger partial charge in [-0.3, -0.25) is 0 Å². The molecular formula is C6H7N5O2S. The molecule has 0 saturated heterocycles. The molecule has 0 fully saturated rings. The van der Waals surface area contributed by atoms with Gasteiger partial charge in [-0.1, -0.05) is 16.9 Å². The van der Waals surface area contributed by atoms with E-state index in [1.54, 1.807) is 0 Å². The summed E-state index contributed by atoms with van der Waals surface area (Å²) in [5.41, 5.74) is 5.31. The molecule has 0 bridgehead atoms. The van der Waals surface area contributed by atoms with Gasteiger partial charge in [0.2, 0.25) is 12.3 Å². The molecule has 0 aliphatic rings. The second kappa shape index (κ2) is 4.20. The van der Waals surface area contributed by atoms with Crippen LogP contribution in [0.4, 0.5) is 0 Å². The van der Waals surface area contributed by atoms with Gasteiger partial charge in [0.1, 0.15) is 0 Å². The van der Waals surface area contributed by atoms with Gasteiger partial charge < -0.3 is 14.7 Å². The van der Waals surface area contributed by atoms with Gasteiger partial charge >= 0.3 is 0 Å². The van der Waals surface area contributed by atoms with E-state index in [2.05, 4.69) is 24.9 Å². The normalized spacial score (nSPS) is 10.6. The molecule has 2 aromatic heterocycles. The van der Waals surface area contributed by atoms with Crippen LogP contribution in [0.15, 0.2) is 20.6 Å². The van der Waals surface area contributed by atoms with Gasteiger partial charge in [-0.25, -0.2) is 0 Å². The lowest BCUT2D eigenvalue weighted by Gasteiger charge is -1.88. The van der Waals surface area contributed by atoms with Crippen molar-refractivity contribution in [3.05, 3.63) is 18.1 Å². The standard InChI is InChI=1S/C6H7N5O2S/c7-1-5-9-10-6(13-5)14-2-4-8-3-12-11-4/h3H,1-2,7H2. The Hall–Kier alpha value is -1.41. The zero-order valence-electron chi connectivity index (χ0n) is 7.08. The Bertz CT molecular complexity index is 387. The Morgan fingerprint density at radius 1 is 1.43 bits per heavy atom. The van der Waals surface area contributed by atoms with Gasteiger partial charge in [-0.2, -0.15) is 4.98 Å². The minimum Gasteiger partial charge on any atom is -0.415 e. The Labute approximate surface area is 83.1 Å². The summed E-state index contributed by atoms with van der Waals surface area (Å²) in [6.07, 6.45) is 1.27. The summed E-state index contributed by atoms with van der Waals surface area (Å²) < 4.78 is 9.73. The highest BCUT2D eigenvalue weighted by atomic mass is 32.2. The molecule has 0 atom stereocenters. The zero-order valence-corrected chi connectivity index (χ0v) is 7.90. The topological polar surface area (TPSA) is 104 Å². The molecule has 0 aromatic carbocycles. The number of aromatic nitrogens is 4. The first-order valence-electron chi connectivity index (χ1n) is 3.79. The van der Waals surface area contributed by atoms with Crippen molar-refractivity contribution in [2.45, 2.75) is 17.5 Å². The maximum atomic E-state index is 5.31. The SMILES string of the molecule is NCc1nnc(SCc2ncon2)o1. The molecule has 0 aliphatic heterocycles. The third kappa shape index (κ3) is 2.09. The summed E-state index contributed by atoms with van der Waals surface area (Å²) in [5, 5.41) is 11.6. The van der Waals surface area contributed by atoms with Crippen LogP contribution in [0.3, 0.4) is 0 Å². The van der Waals surface area contributed by atoms with E-state index in [0.717, 1.165) is 0 Å². The van der Waals surface area contributed by atoms with E-state index < -0.39 is 0 Å². The first-order valence-corrected chi connectivity index (χ1v) is 4.77. The minimum absolute atomic E-state index is 0.246. The molecular weight excluding hydrogens is 206 g/mol. The van der Waals surface area contributed by atoms with Crippen molar-refractivity contribution in [1.82, 2.24) is 20.3 Å². The van der Waals surface area contributed by atoms with E-state index >= 15 is 0 Å². The third-order valence-corrected chi connectivity index (χ3v) is 2.17. The molecule has 14 heavy (non-hydrogen) atoms. The quantitative estimate of drug-likeness (QED) is 0.718. The summed E-state index contributed by atoms with van der Waals surface area (Å²) in [6, 6.07) is 0. The van der Waals surface area contributed by atoms with Gasteiger partial charge in [0, 0.05) is 0 Å². The van der Waals surface area contributed by atoms with Crippen molar-refractivity contribution in [3.63, 3.8) is 0 Å². The van der Waals surface area contributed by atoms with E-state index in [1.807, 2.05) is 0 Å². The Balaban J connectivity index is 1.92. The van der Waals surface area contributed by atoms with Crippen LogP contribution in [-0.4, -0.2) is 20.3 Å². The molecule has 7 nitrogen and oxygen atoms in total. The lowest BCUT2D eigenvalue weighted by atomic mass is 10.7. The van der Waals surface area contributed by atoms with Crippen molar-refractivity contribution in [2.75, 3.05) is 0 Å². The molecule has 2 heterocycles. The summed E-state index contributed by atoms with van der Waals surface area (Å²) in [4.78, 5) is 3.85. The average Bonchev–Trinajstić information content (AvgIpc) is 2.86. The highest BCUT2D eigenvalue weighted by molar-refractivity contribution is 7.98. The van der Waals surface area contributed by atoms with Crippen LogP contribution in [0.25, 0.3) is 0 Å². The van der Waals surface area contributed by atoms with Crippen LogP contribution in [0.2, 0.25) is 0 Å². The molecule has 0 amide bonds. The molecule has 8 heteroatoms. The molecule has 74 valence electrons. The molecule has 0 spiro atoms. The van der Waals surface area contributed by atoms with Gasteiger partial charge in [0.15, 0.2) is 5.82 Å². The predicted octanol–water partition coefficient (Wildman–Crippen LogP) is 0.204. The lowest BCUT2D eigenvalue weighted by molar-refractivity contribution is 0.410. The van der Waals surface area contributed by atoms with E-state index in [-0.39, 0.29) is 6.54 Å². The Kier molecular flexibility index (Phi) is 2.75. The molecule has 0 aliphatic carbocycles. The number of hydrogen-bond donors (Lipinski definition) is 1. The second-order valence-corrected chi connectivity index (χ2v) is 3.23. The van der Waals surface area contributed by atoms with Crippen LogP contribution in [0.1, 0.15) is 11.7 Å². The van der Waals surface area contributed by atoms with Gasteiger partial charge in [0.05, 0.1) is 12.3 Å². The highest BCUT2D eigenvalue weighted by Gasteiger charge is 2.07. The first kappa shape index (κ1) is 9.16. The molecule has 0 unspecified atom stereocenters. The van der Waals surface area contributed by atoms with Crippen LogP contribution in [0, 0.1) is 0 Å². The molecule has 2 aromatic rings. The van der Waals surface area contributed by atoms with E-state index in [9.17, 15) is 0 Å². The number of thioether (sulfide) groups is 1. The molecule has 2 rings (SSSR count). The largest absolute Gasteiger partial charge is 0.415 e. The van der Waals surface area contributed by atoms with Crippen molar-refractivity contribution >= 4 is 11.8 Å². The average molecular weight is 213 g/mol. The van der Waals surface area contributed by atoms with Crippen molar-refractivity contribution in [2.24, 2.45) is 5.73 Å². The fraction of sp³-hybridized carbons (Fsp3) is 0.333. The van der Waals surface area contributed by atoms with Crippen LogP contribution in [0.5, 0.6) is 0 Å². The van der Waals surface area contributed by atoms with Crippen molar-refractivity contribution in [3.8, 4) is 0 Å². The van der Waals surface area contributed by atoms with E-state index in [4.69, 9.17) is 10.2 Å². The summed E-state index contributed by atoms with van der Waals surface area (Å²) >= 11 is 1.33. The number of rotatable bonds is 4. The predicted molar refractivity (Wildman–Crippen MR) is 46.0 cm³/mol. The smallest absolute Gasteiger partial charge is 0.277 e. The molecule has 0 saturated carbocycles. The fourth-order valence-electron chi connectivity index (χ4n) is 0.761. The van der Waals surface area contributed by atoms with Crippen LogP contribution < -0.4 is 5.73 Å². The van der Waals surface area contributed by atoms with E-state index in [0.29, 0.717) is 22.7 Å². The van der Waals surface area contributed by atoms with Gasteiger partial charge in [0.25, 0.3) is 5.22 Å². The first-order chi connectivity index (χ1) is 6.88. The second-order valence-electron chi connectivity index (χ2n) is 2.30. The van der Waals surface area contributed by atoms with Gasteiger partial charge in [-0.05, 0) is 0 Å². The highest BCUT2D eigenvalue weighted by Crippen LogP contribution is 2.19. The summed E-state index contributed by atoms with van der Waals surface area (Å²) in [7, 11) is 0. The zero-order chi connectivity index (χ0) is 9.80. The Morgan fingerprint density at radius 3 is 3.00 bits per heavy atom. The molecule has 0 radical (unpaired) electrons. The molecule has 2 N–H and O–H groups in total.